The van der Waals surface area contributed by atoms with E-state index in [2.05, 4.69) is 15.6 Å². The van der Waals surface area contributed by atoms with Gasteiger partial charge >= 0.3 is 6.18 Å². The molecule has 0 radical (unpaired) electrons. The maximum absolute atomic E-state index is 13.1. The molecule has 3 aromatic rings. The summed E-state index contributed by atoms with van der Waals surface area (Å²) in [5, 5.41) is 5.30. The van der Waals surface area contributed by atoms with E-state index in [4.69, 9.17) is 0 Å². The van der Waals surface area contributed by atoms with Crippen LogP contribution in [0.5, 0.6) is 0 Å². The van der Waals surface area contributed by atoms with Gasteiger partial charge in [0.1, 0.15) is 11.5 Å². The fraction of sp³-hybridized carbons (Fsp3) is 0.100. The van der Waals surface area contributed by atoms with Gasteiger partial charge in [-0.2, -0.15) is 13.2 Å². The molecule has 0 fully saturated rings. The van der Waals surface area contributed by atoms with Crippen LogP contribution in [0.15, 0.2) is 66.9 Å². The summed E-state index contributed by atoms with van der Waals surface area (Å²) >= 11 is 0. The normalized spacial score (nSPS) is 11.1. The zero-order chi connectivity index (χ0) is 20.1. The third kappa shape index (κ3) is 4.85. The number of para-hydroxylation sites is 1. The number of carbonyl (C=O) groups excluding carboxylic acids is 1. The number of benzene rings is 2. The minimum atomic E-state index is -4.51. The van der Waals surface area contributed by atoms with E-state index in [0.29, 0.717) is 11.3 Å². The van der Waals surface area contributed by atoms with Crippen molar-refractivity contribution in [1.82, 2.24) is 10.3 Å². The molecule has 1 heterocycles. The lowest BCUT2D eigenvalue weighted by Gasteiger charge is -2.14. The Balaban J connectivity index is 1.72. The Bertz CT molecular complexity index is 972. The summed E-state index contributed by atoms with van der Waals surface area (Å²) < 4.78 is 52.2. The predicted octanol–water partition coefficient (Wildman–Crippen LogP) is 4.91. The summed E-state index contributed by atoms with van der Waals surface area (Å²) in [7, 11) is 0. The van der Waals surface area contributed by atoms with Crippen LogP contribution in [0.2, 0.25) is 0 Å². The van der Waals surface area contributed by atoms with Gasteiger partial charge in [0.2, 0.25) is 0 Å². The number of rotatable bonds is 5. The molecule has 0 bridgehead atoms. The lowest BCUT2D eigenvalue weighted by atomic mass is 10.1. The Morgan fingerprint density at radius 1 is 1.00 bits per heavy atom. The number of halogens is 4. The monoisotopic (exact) mass is 389 g/mol. The van der Waals surface area contributed by atoms with Crippen molar-refractivity contribution >= 4 is 17.3 Å². The van der Waals surface area contributed by atoms with E-state index in [9.17, 15) is 22.4 Å². The second-order valence-corrected chi connectivity index (χ2v) is 5.91. The summed E-state index contributed by atoms with van der Waals surface area (Å²) in [4.78, 5) is 16.2. The predicted molar refractivity (Wildman–Crippen MR) is 96.5 cm³/mol. The Morgan fingerprint density at radius 2 is 1.71 bits per heavy atom. The standard InChI is InChI=1S/C20H15F4N3O/c21-14-7-5-13(6-8-14)12-26-19(28)18-11-15(9-10-25-18)27-17-4-2-1-3-16(17)20(22,23)24/h1-11H,12H2,(H,25,27)(H,26,28). The molecule has 144 valence electrons. The third-order valence-electron chi connectivity index (χ3n) is 3.87. The highest BCUT2D eigenvalue weighted by molar-refractivity contribution is 5.93. The second kappa shape index (κ2) is 8.08. The van der Waals surface area contributed by atoms with E-state index >= 15 is 0 Å². The van der Waals surface area contributed by atoms with Crippen molar-refractivity contribution in [2.24, 2.45) is 0 Å². The van der Waals surface area contributed by atoms with Gasteiger partial charge in [-0.1, -0.05) is 24.3 Å². The fourth-order valence-corrected chi connectivity index (χ4v) is 2.50. The van der Waals surface area contributed by atoms with E-state index in [-0.39, 0.29) is 23.7 Å². The van der Waals surface area contributed by atoms with Crippen molar-refractivity contribution < 1.29 is 22.4 Å². The summed E-state index contributed by atoms with van der Waals surface area (Å²) in [5.74, 6) is -0.883. The number of anilines is 2. The molecule has 8 heteroatoms. The van der Waals surface area contributed by atoms with Crippen molar-refractivity contribution in [1.29, 1.82) is 0 Å². The quantitative estimate of drug-likeness (QED) is 0.610. The third-order valence-corrected chi connectivity index (χ3v) is 3.87. The van der Waals surface area contributed by atoms with Gasteiger partial charge in [-0.05, 0) is 42.0 Å². The Kier molecular flexibility index (Phi) is 5.58. The average Bonchev–Trinajstić information content (AvgIpc) is 2.67. The molecule has 4 nitrogen and oxygen atoms in total. The van der Waals surface area contributed by atoms with E-state index in [0.717, 1.165) is 6.07 Å². The van der Waals surface area contributed by atoms with Gasteiger partial charge in [0.15, 0.2) is 0 Å². The zero-order valence-electron chi connectivity index (χ0n) is 14.4. The number of pyridine rings is 1. The molecule has 0 unspecified atom stereocenters. The minimum Gasteiger partial charge on any atom is -0.355 e. The van der Waals surface area contributed by atoms with E-state index < -0.39 is 17.6 Å². The van der Waals surface area contributed by atoms with Crippen molar-refractivity contribution in [2.45, 2.75) is 12.7 Å². The van der Waals surface area contributed by atoms with Gasteiger partial charge in [0, 0.05) is 18.4 Å². The molecule has 0 aliphatic heterocycles. The molecule has 0 aliphatic rings. The molecule has 2 aromatic carbocycles. The van der Waals surface area contributed by atoms with Crippen LogP contribution < -0.4 is 10.6 Å². The summed E-state index contributed by atoms with van der Waals surface area (Å²) in [6.07, 6.45) is -3.18. The summed E-state index contributed by atoms with van der Waals surface area (Å²) in [6, 6.07) is 13.5. The van der Waals surface area contributed by atoms with Gasteiger partial charge in [0.05, 0.1) is 11.3 Å². The smallest absolute Gasteiger partial charge is 0.355 e. The highest BCUT2D eigenvalue weighted by atomic mass is 19.4. The Morgan fingerprint density at radius 3 is 2.43 bits per heavy atom. The van der Waals surface area contributed by atoms with Crippen LogP contribution in [0, 0.1) is 5.82 Å². The number of alkyl halides is 3. The maximum Gasteiger partial charge on any atom is 0.418 e. The second-order valence-electron chi connectivity index (χ2n) is 5.91. The molecule has 0 atom stereocenters. The van der Waals surface area contributed by atoms with Gasteiger partial charge in [-0.25, -0.2) is 4.39 Å². The zero-order valence-corrected chi connectivity index (χ0v) is 14.4. The minimum absolute atomic E-state index is 0.0385. The van der Waals surface area contributed by atoms with Gasteiger partial charge in [0.25, 0.3) is 5.91 Å². The first-order valence-corrected chi connectivity index (χ1v) is 8.25. The lowest BCUT2D eigenvalue weighted by molar-refractivity contribution is -0.136. The van der Waals surface area contributed by atoms with Crippen LogP contribution in [0.4, 0.5) is 28.9 Å². The van der Waals surface area contributed by atoms with Gasteiger partial charge in [-0.3, -0.25) is 9.78 Å². The maximum atomic E-state index is 13.1. The number of nitrogens with zero attached hydrogens (tertiary/aromatic N) is 1. The number of amides is 1. The highest BCUT2D eigenvalue weighted by Gasteiger charge is 2.33. The summed E-state index contributed by atoms with van der Waals surface area (Å²) in [6.45, 7) is 0.162. The average molecular weight is 389 g/mol. The van der Waals surface area contributed by atoms with Crippen LogP contribution in [0.25, 0.3) is 0 Å². The van der Waals surface area contributed by atoms with Crippen LogP contribution in [0.1, 0.15) is 21.6 Å². The van der Waals surface area contributed by atoms with E-state index in [1.807, 2.05) is 0 Å². The van der Waals surface area contributed by atoms with Crippen molar-refractivity contribution in [3.8, 4) is 0 Å². The number of carbonyl (C=O) groups is 1. The SMILES string of the molecule is O=C(NCc1ccc(F)cc1)c1cc(Nc2ccccc2C(F)(F)F)ccn1. The molecular formula is C20H15F4N3O. The fourth-order valence-electron chi connectivity index (χ4n) is 2.50. The molecular weight excluding hydrogens is 374 g/mol. The van der Waals surface area contributed by atoms with E-state index in [1.54, 1.807) is 0 Å². The Labute approximate surface area is 158 Å². The van der Waals surface area contributed by atoms with Crippen molar-refractivity contribution in [2.75, 3.05) is 5.32 Å². The molecule has 0 saturated heterocycles. The Hall–Kier alpha value is -3.42. The van der Waals surface area contributed by atoms with Crippen LogP contribution in [-0.4, -0.2) is 10.9 Å². The molecule has 1 amide bonds. The first kappa shape index (κ1) is 19.3. The first-order chi connectivity index (χ1) is 13.3. The molecule has 0 aliphatic carbocycles. The number of aromatic nitrogens is 1. The molecule has 28 heavy (non-hydrogen) atoms. The van der Waals surface area contributed by atoms with Crippen molar-refractivity contribution in [3.63, 3.8) is 0 Å². The topological polar surface area (TPSA) is 54.0 Å². The number of hydrogen-bond acceptors (Lipinski definition) is 3. The van der Waals surface area contributed by atoms with Crippen LogP contribution >= 0.6 is 0 Å². The van der Waals surface area contributed by atoms with E-state index in [1.165, 1.54) is 60.8 Å². The van der Waals surface area contributed by atoms with Crippen LogP contribution in [-0.2, 0) is 12.7 Å². The first-order valence-electron chi connectivity index (χ1n) is 8.25. The van der Waals surface area contributed by atoms with Crippen molar-refractivity contribution in [3.05, 3.63) is 89.5 Å². The van der Waals surface area contributed by atoms with Crippen LogP contribution in [0.3, 0.4) is 0 Å². The number of nitrogens with one attached hydrogen (secondary N) is 2. The highest BCUT2D eigenvalue weighted by Crippen LogP contribution is 2.35. The lowest BCUT2D eigenvalue weighted by Crippen LogP contribution is -2.23. The molecule has 2 N–H and O–H groups in total. The molecule has 1 aromatic heterocycles. The summed E-state index contributed by atoms with van der Waals surface area (Å²) in [5.41, 5.74) is 0.0892. The molecule has 3 rings (SSSR count). The largest absolute Gasteiger partial charge is 0.418 e. The molecule has 0 saturated carbocycles. The van der Waals surface area contributed by atoms with Gasteiger partial charge < -0.3 is 10.6 Å². The van der Waals surface area contributed by atoms with Gasteiger partial charge in [-0.15, -0.1) is 0 Å². The molecule has 0 spiro atoms. The number of hydrogen-bond donors (Lipinski definition) is 2.